The van der Waals surface area contributed by atoms with Crippen LogP contribution in [0.2, 0.25) is 0 Å². The standard InChI is InChI=1S/C19H26N2O4S/c1-15-13-16(8-9-18(15)24-2)26(22,23)20-14-17(19-7-6-12-25-19)21-10-4-3-5-11-21/h6-9,12-13,17,20H,3-5,10-11,14H2,1-2H3. The summed E-state index contributed by atoms with van der Waals surface area (Å²) < 4.78 is 39.0. The van der Waals surface area contributed by atoms with E-state index in [2.05, 4.69) is 9.62 Å². The lowest BCUT2D eigenvalue weighted by molar-refractivity contribution is 0.147. The van der Waals surface area contributed by atoms with Gasteiger partial charge in [0.1, 0.15) is 11.5 Å². The summed E-state index contributed by atoms with van der Waals surface area (Å²) in [7, 11) is -2.04. The Labute approximate surface area is 155 Å². The van der Waals surface area contributed by atoms with Crippen LogP contribution in [0, 0.1) is 6.92 Å². The minimum Gasteiger partial charge on any atom is -0.496 e. The van der Waals surface area contributed by atoms with Crippen molar-refractivity contribution in [3.8, 4) is 5.75 Å². The quantitative estimate of drug-likeness (QED) is 0.802. The Morgan fingerprint density at radius 1 is 1.23 bits per heavy atom. The Bertz CT molecular complexity index is 812. The van der Waals surface area contributed by atoms with Gasteiger partial charge in [0.2, 0.25) is 10.0 Å². The third-order valence-electron chi connectivity index (χ3n) is 4.85. The van der Waals surface area contributed by atoms with Gasteiger partial charge < -0.3 is 9.15 Å². The molecule has 1 aromatic carbocycles. The van der Waals surface area contributed by atoms with Gasteiger partial charge in [0, 0.05) is 6.54 Å². The maximum atomic E-state index is 12.7. The molecular weight excluding hydrogens is 352 g/mol. The SMILES string of the molecule is COc1ccc(S(=O)(=O)NCC(c2ccco2)N2CCCCC2)cc1C. The molecule has 3 rings (SSSR count). The molecule has 142 valence electrons. The molecule has 1 fully saturated rings. The lowest BCUT2D eigenvalue weighted by Gasteiger charge is -2.33. The fraction of sp³-hybridized carbons (Fsp3) is 0.474. The molecule has 1 aliphatic rings. The molecule has 1 saturated heterocycles. The van der Waals surface area contributed by atoms with Crippen LogP contribution in [-0.4, -0.2) is 40.1 Å². The maximum Gasteiger partial charge on any atom is 0.240 e. The second kappa shape index (κ2) is 8.24. The van der Waals surface area contributed by atoms with E-state index in [1.54, 1.807) is 31.6 Å². The van der Waals surface area contributed by atoms with Crippen molar-refractivity contribution in [2.24, 2.45) is 0 Å². The summed E-state index contributed by atoms with van der Waals surface area (Å²) in [6, 6.07) is 8.53. The van der Waals surface area contributed by atoms with E-state index >= 15 is 0 Å². The van der Waals surface area contributed by atoms with Crippen molar-refractivity contribution in [3.63, 3.8) is 0 Å². The minimum absolute atomic E-state index is 0.0978. The number of nitrogens with zero attached hydrogens (tertiary/aromatic N) is 1. The Morgan fingerprint density at radius 3 is 2.62 bits per heavy atom. The largest absolute Gasteiger partial charge is 0.496 e. The summed E-state index contributed by atoms with van der Waals surface area (Å²) in [5.41, 5.74) is 0.786. The molecule has 1 unspecified atom stereocenters. The molecule has 1 aromatic heterocycles. The molecular formula is C19H26N2O4S. The van der Waals surface area contributed by atoms with Crippen LogP contribution in [0.3, 0.4) is 0 Å². The molecule has 7 heteroatoms. The van der Waals surface area contributed by atoms with Crippen LogP contribution >= 0.6 is 0 Å². The van der Waals surface area contributed by atoms with E-state index < -0.39 is 10.0 Å². The van der Waals surface area contributed by atoms with Crippen molar-refractivity contribution in [1.82, 2.24) is 9.62 Å². The van der Waals surface area contributed by atoms with Crippen molar-refractivity contribution in [2.75, 3.05) is 26.7 Å². The van der Waals surface area contributed by atoms with Gasteiger partial charge in [-0.15, -0.1) is 0 Å². The third kappa shape index (κ3) is 4.28. The van der Waals surface area contributed by atoms with E-state index in [1.165, 1.54) is 6.42 Å². The zero-order chi connectivity index (χ0) is 18.6. The number of methoxy groups -OCH3 is 1. The lowest BCUT2D eigenvalue weighted by atomic mass is 10.1. The monoisotopic (exact) mass is 378 g/mol. The average Bonchev–Trinajstić information content (AvgIpc) is 3.17. The number of rotatable bonds is 7. The first kappa shape index (κ1) is 18.9. The van der Waals surface area contributed by atoms with Crippen LogP contribution in [0.15, 0.2) is 45.9 Å². The van der Waals surface area contributed by atoms with Crippen LogP contribution in [0.5, 0.6) is 5.75 Å². The fourth-order valence-corrected chi connectivity index (χ4v) is 4.53. The number of furan rings is 1. The van der Waals surface area contributed by atoms with Crippen molar-refractivity contribution < 1.29 is 17.6 Å². The summed E-state index contributed by atoms with van der Waals surface area (Å²) in [5, 5.41) is 0. The lowest BCUT2D eigenvalue weighted by Crippen LogP contribution is -2.40. The topological polar surface area (TPSA) is 71.8 Å². The number of nitrogens with one attached hydrogen (secondary N) is 1. The summed E-state index contributed by atoms with van der Waals surface area (Å²) in [6.07, 6.45) is 5.11. The zero-order valence-corrected chi connectivity index (χ0v) is 16.1. The number of ether oxygens (including phenoxy) is 1. The molecule has 6 nitrogen and oxygen atoms in total. The highest BCUT2D eigenvalue weighted by molar-refractivity contribution is 7.89. The third-order valence-corrected chi connectivity index (χ3v) is 6.27. The number of benzene rings is 1. The molecule has 0 bridgehead atoms. The van der Waals surface area contributed by atoms with Gasteiger partial charge in [-0.05, 0) is 68.8 Å². The van der Waals surface area contributed by atoms with Crippen LogP contribution in [0.25, 0.3) is 0 Å². The van der Waals surface area contributed by atoms with E-state index in [-0.39, 0.29) is 17.5 Å². The van der Waals surface area contributed by atoms with E-state index in [4.69, 9.17) is 9.15 Å². The second-order valence-corrected chi connectivity index (χ2v) is 8.38. The predicted octanol–water partition coefficient (Wildman–Crippen LogP) is 3.10. The molecule has 1 N–H and O–H groups in total. The van der Waals surface area contributed by atoms with Crippen molar-refractivity contribution in [1.29, 1.82) is 0 Å². The van der Waals surface area contributed by atoms with Crippen LogP contribution < -0.4 is 9.46 Å². The number of aryl methyl sites for hydroxylation is 1. The van der Waals surface area contributed by atoms with Gasteiger partial charge in [-0.3, -0.25) is 4.90 Å². The first-order chi connectivity index (χ1) is 12.5. The normalized spacial score (nSPS) is 17.2. The Balaban J connectivity index is 1.76. The number of hydrogen-bond donors (Lipinski definition) is 1. The maximum absolute atomic E-state index is 12.7. The molecule has 0 radical (unpaired) electrons. The molecule has 1 atom stereocenters. The van der Waals surface area contributed by atoms with Gasteiger partial charge in [0.15, 0.2) is 0 Å². The van der Waals surface area contributed by atoms with Gasteiger partial charge in [0.25, 0.3) is 0 Å². The summed E-state index contributed by atoms with van der Waals surface area (Å²) in [5.74, 6) is 1.46. The molecule has 0 amide bonds. The van der Waals surface area contributed by atoms with Crippen molar-refractivity contribution >= 4 is 10.0 Å². The Kier molecular flexibility index (Phi) is 6.01. The first-order valence-corrected chi connectivity index (χ1v) is 10.4. The molecule has 0 aliphatic carbocycles. The molecule has 0 saturated carbocycles. The fourth-order valence-electron chi connectivity index (χ4n) is 3.41. The smallest absolute Gasteiger partial charge is 0.240 e. The average molecular weight is 378 g/mol. The summed E-state index contributed by atoms with van der Waals surface area (Å²) in [6.45, 7) is 4.02. The van der Waals surface area contributed by atoms with E-state index in [9.17, 15) is 8.42 Å². The Hall–Kier alpha value is -1.83. The van der Waals surface area contributed by atoms with Crippen molar-refractivity contribution in [3.05, 3.63) is 47.9 Å². The van der Waals surface area contributed by atoms with E-state index in [0.29, 0.717) is 5.75 Å². The number of sulfonamides is 1. The summed E-state index contributed by atoms with van der Waals surface area (Å²) >= 11 is 0. The molecule has 2 heterocycles. The highest BCUT2D eigenvalue weighted by atomic mass is 32.2. The summed E-state index contributed by atoms with van der Waals surface area (Å²) in [4.78, 5) is 2.54. The molecule has 0 spiro atoms. The second-order valence-electron chi connectivity index (χ2n) is 6.61. The van der Waals surface area contributed by atoms with Gasteiger partial charge in [0.05, 0.1) is 24.3 Å². The van der Waals surface area contributed by atoms with Gasteiger partial charge in [-0.1, -0.05) is 6.42 Å². The molecule has 26 heavy (non-hydrogen) atoms. The van der Waals surface area contributed by atoms with E-state index in [1.807, 2.05) is 19.1 Å². The number of hydrogen-bond acceptors (Lipinski definition) is 5. The van der Waals surface area contributed by atoms with Gasteiger partial charge in [-0.2, -0.15) is 0 Å². The highest BCUT2D eigenvalue weighted by Gasteiger charge is 2.26. The van der Waals surface area contributed by atoms with Crippen LogP contribution in [-0.2, 0) is 10.0 Å². The number of likely N-dealkylation sites (tertiary alicyclic amines) is 1. The van der Waals surface area contributed by atoms with E-state index in [0.717, 1.165) is 37.3 Å². The molecule has 1 aliphatic heterocycles. The molecule has 2 aromatic rings. The zero-order valence-electron chi connectivity index (χ0n) is 15.3. The van der Waals surface area contributed by atoms with Crippen LogP contribution in [0.1, 0.15) is 36.6 Å². The van der Waals surface area contributed by atoms with Gasteiger partial charge in [-0.25, -0.2) is 13.1 Å². The first-order valence-electron chi connectivity index (χ1n) is 8.93. The van der Waals surface area contributed by atoms with Crippen molar-refractivity contribution in [2.45, 2.75) is 37.1 Å². The van der Waals surface area contributed by atoms with Crippen LogP contribution in [0.4, 0.5) is 0 Å². The predicted molar refractivity (Wildman–Crippen MR) is 99.8 cm³/mol. The highest BCUT2D eigenvalue weighted by Crippen LogP contribution is 2.26. The Morgan fingerprint density at radius 2 is 2.00 bits per heavy atom. The number of piperidine rings is 1. The van der Waals surface area contributed by atoms with Gasteiger partial charge >= 0.3 is 0 Å². The minimum atomic E-state index is -3.61.